The van der Waals surface area contributed by atoms with E-state index in [9.17, 15) is 9.59 Å². The Balaban J connectivity index is 1.77. The van der Waals surface area contributed by atoms with Gasteiger partial charge in [0.15, 0.2) is 18.3 Å². The van der Waals surface area contributed by atoms with Crippen molar-refractivity contribution >= 4 is 17.9 Å². The maximum absolute atomic E-state index is 13.2. The standard InChI is InChI=1S/C24H28N2O7/c1-29-16-33-21-9-6-18(15-22(21)32-4)24(28)26-13-5-12-25(26)23(27)11-7-17-14-19(30-2)8-10-20(17)31-3/h6-11,14-15H,5,12-13,16H2,1-4H3. The van der Waals surface area contributed by atoms with Crippen molar-refractivity contribution in [2.45, 2.75) is 6.42 Å². The van der Waals surface area contributed by atoms with Gasteiger partial charge in [-0.25, -0.2) is 10.0 Å². The first-order valence-electron chi connectivity index (χ1n) is 10.4. The normalized spacial score (nSPS) is 13.3. The Bertz CT molecular complexity index is 1020. The summed E-state index contributed by atoms with van der Waals surface area (Å²) < 4.78 is 26.3. The van der Waals surface area contributed by atoms with Gasteiger partial charge in [-0.15, -0.1) is 0 Å². The van der Waals surface area contributed by atoms with Crippen molar-refractivity contribution in [1.29, 1.82) is 0 Å². The predicted molar refractivity (Wildman–Crippen MR) is 121 cm³/mol. The van der Waals surface area contributed by atoms with Gasteiger partial charge in [0.05, 0.1) is 21.3 Å². The van der Waals surface area contributed by atoms with Crippen LogP contribution in [0, 0.1) is 0 Å². The lowest BCUT2D eigenvalue weighted by molar-refractivity contribution is -0.134. The first-order valence-corrected chi connectivity index (χ1v) is 10.4. The van der Waals surface area contributed by atoms with Gasteiger partial charge in [0.2, 0.25) is 0 Å². The molecule has 0 bridgehead atoms. The summed E-state index contributed by atoms with van der Waals surface area (Å²) in [5.41, 5.74) is 1.08. The van der Waals surface area contributed by atoms with Crippen LogP contribution in [0.15, 0.2) is 42.5 Å². The monoisotopic (exact) mass is 456 g/mol. The molecule has 9 heteroatoms. The average Bonchev–Trinajstić information content (AvgIpc) is 3.35. The lowest BCUT2D eigenvalue weighted by Gasteiger charge is -2.27. The number of methoxy groups -OCH3 is 4. The van der Waals surface area contributed by atoms with Crippen molar-refractivity contribution in [3.8, 4) is 23.0 Å². The quantitative estimate of drug-likeness (QED) is 0.423. The molecule has 1 heterocycles. The van der Waals surface area contributed by atoms with Gasteiger partial charge in [-0.2, -0.15) is 0 Å². The van der Waals surface area contributed by atoms with Crippen LogP contribution in [0.5, 0.6) is 23.0 Å². The molecule has 9 nitrogen and oxygen atoms in total. The minimum atomic E-state index is -0.308. The number of ether oxygens (including phenoxy) is 5. The summed E-state index contributed by atoms with van der Waals surface area (Å²) in [6.07, 6.45) is 3.75. The third kappa shape index (κ3) is 5.56. The summed E-state index contributed by atoms with van der Waals surface area (Å²) in [7, 11) is 6.13. The van der Waals surface area contributed by atoms with Crippen molar-refractivity contribution in [2.24, 2.45) is 0 Å². The van der Waals surface area contributed by atoms with E-state index in [1.54, 1.807) is 56.7 Å². The molecule has 1 fully saturated rings. The average molecular weight is 456 g/mol. The number of rotatable bonds is 9. The molecule has 1 aliphatic rings. The number of hydrogen-bond donors (Lipinski definition) is 0. The molecule has 176 valence electrons. The van der Waals surface area contributed by atoms with Crippen LogP contribution in [0.2, 0.25) is 0 Å². The van der Waals surface area contributed by atoms with Crippen LogP contribution >= 0.6 is 0 Å². The molecular weight excluding hydrogens is 428 g/mol. The number of carbonyl (C=O) groups excluding carboxylic acids is 2. The zero-order valence-corrected chi connectivity index (χ0v) is 19.2. The Morgan fingerprint density at radius 1 is 0.879 bits per heavy atom. The van der Waals surface area contributed by atoms with E-state index in [-0.39, 0.29) is 18.6 Å². The summed E-state index contributed by atoms with van der Waals surface area (Å²) in [5.74, 6) is 1.51. The highest BCUT2D eigenvalue weighted by Gasteiger charge is 2.30. The Labute approximate surface area is 193 Å². The topological polar surface area (TPSA) is 86.8 Å². The molecule has 0 atom stereocenters. The second kappa shape index (κ2) is 11.2. The number of benzene rings is 2. The van der Waals surface area contributed by atoms with E-state index >= 15 is 0 Å². The minimum absolute atomic E-state index is 0.0580. The lowest BCUT2D eigenvalue weighted by Crippen LogP contribution is -2.44. The Hall–Kier alpha value is -3.72. The molecule has 2 amide bonds. The molecule has 0 spiro atoms. The van der Waals surface area contributed by atoms with Crippen LogP contribution in [-0.2, 0) is 9.53 Å². The van der Waals surface area contributed by atoms with E-state index in [0.717, 1.165) is 0 Å². The van der Waals surface area contributed by atoms with E-state index in [0.29, 0.717) is 53.6 Å². The highest BCUT2D eigenvalue weighted by Crippen LogP contribution is 2.29. The summed E-state index contributed by atoms with van der Waals surface area (Å²) in [4.78, 5) is 26.1. The van der Waals surface area contributed by atoms with Gasteiger partial charge >= 0.3 is 0 Å². The number of hydrazine groups is 1. The fraction of sp³-hybridized carbons (Fsp3) is 0.333. The number of carbonyl (C=O) groups is 2. The molecular formula is C24H28N2O7. The van der Waals surface area contributed by atoms with Gasteiger partial charge in [-0.05, 0) is 48.9 Å². The molecule has 0 N–H and O–H groups in total. The molecule has 0 aromatic heterocycles. The highest BCUT2D eigenvalue weighted by atomic mass is 16.7. The van der Waals surface area contributed by atoms with Crippen LogP contribution in [0.25, 0.3) is 6.08 Å². The third-order valence-electron chi connectivity index (χ3n) is 5.11. The molecule has 1 aliphatic heterocycles. The van der Waals surface area contributed by atoms with Crippen molar-refractivity contribution in [1.82, 2.24) is 10.0 Å². The molecule has 2 aromatic rings. The first kappa shape index (κ1) is 23.9. The number of nitrogens with zero attached hydrogens (tertiary/aromatic N) is 2. The second-order valence-electron chi connectivity index (χ2n) is 7.10. The van der Waals surface area contributed by atoms with Crippen molar-refractivity contribution in [2.75, 3.05) is 48.3 Å². The van der Waals surface area contributed by atoms with Crippen LogP contribution in [0.4, 0.5) is 0 Å². The van der Waals surface area contributed by atoms with E-state index in [4.69, 9.17) is 23.7 Å². The molecule has 33 heavy (non-hydrogen) atoms. The summed E-state index contributed by atoms with van der Waals surface area (Å²) in [5, 5.41) is 2.88. The van der Waals surface area contributed by atoms with Gasteiger partial charge in [0, 0.05) is 37.4 Å². The summed E-state index contributed by atoms with van der Waals surface area (Å²) in [6, 6.07) is 10.2. The Morgan fingerprint density at radius 2 is 1.61 bits per heavy atom. The van der Waals surface area contributed by atoms with Crippen molar-refractivity contribution in [3.05, 3.63) is 53.6 Å². The van der Waals surface area contributed by atoms with E-state index < -0.39 is 0 Å². The maximum atomic E-state index is 13.2. The Kier molecular flexibility index (Phi) is 8.15. The van der Waals surface area contributed by atoms with Crippen LogP contribution in [-0.4, -0.2) is 70.2 Å². The van der Waals surface area contributed by atoms with Gasteiger partial charge < -0.3 is 23.7 Å². The maximum Gasteiger partial charge on any atom is 0.272 e. The van der Waals surface area contributed by atoms with E-state index in [1.807, 2.05) is 0 Å². The highest BCUT2D eigenvalue weighted by molar-refractivity contribution is 5.98. The van der Waals surface area contributed by atoms with Crippen LogP contribution in [0.1, 0.15) is 22.3 Å². The third-order valence-corrected chi connectivity index (χ3v) is 5.11. The van der Waals surface area contributed by atoms with Gasteiger partial charge in [0.25, 0.3) is 11.8 Å². The molecule has 3 rings (SSSR count). The van der Waals surface area contributed by atoms with Crippen molar-refractivity contribution < 1.29 is 33.3 Å². The van der Waals surface area contributed by atoms with Gasteiger partial charge in [-0.3, -0.25) is 9.59 Å². The van der Waals surface area contributed by atoms with Gasteiger partial charge in [0.1, 0.15) is 11.5 Å². The largest absolute Gasteiger partial charge is 0.497 e. The SMILES string of the molecule is COCOc1ccc(C(=O)N2CCCN2C(=O)C=Cc2cc(OC)ccc2OC)cc1OC. The Morgan fingerprint density at radius 3 is 2.30 bits per heavy atom. The molecule has 0 radical (unpaired) electrons. The number of amides is 2. The fourth-order valence-electron chi connectivity index (χ4n) is 3.46. The zero-order valence-electron chi connectivity index (χ0n) is 19.2. The first-order chi connectivity index (χ1) is 16.0. The number of hydrogen-bond acceptors (Lipinski definition) is 7. The van der Waals surface area contributed by atoms with Gasteiger partial charge in [-0.1, -0.05) is 0 Å². The van der Waals surface area contributed by atoms with E-state index in [2.05, 4.69) is 0 Å². The predicted octanol–water partition coefficient (Wildman–Crippen LogP) is 3.00. The second-order valence-corrected chi connectivity index (χ2v) is 7.10. The molecule has 0 aliphatic carbocycles. The molecule has 2 aromatic carbocycles. The van der Waals surface area contributed by atoms with Crippen molar-refractivity contribution in [3.63, 3.8) is 0 Å². The van der Waals surface area contributed by atoms with Crippen LogP contribution in [0.3, 0.4) is 0 Å². The molecule has 0 unspecified atom stereocenters. The van der Waals surface area contributed by atoms with E-state index in [1.165, 1.54) is 30.3 Å². The lowest BCUT2D eigenvalue weighted by atomic mass is 10.1. The summed E-state index contributed by atoms with van der Waals surface area (Å²) in [6.45, 7) is 0.934. The fourth-order valence-corrected chi connectivity index (χ4v) is 3.46. The zero-order chi connectivity index (χ0) is 23.8. The molecule has 0 saturated carbocycles. The van der Waals surface area contributed by atoms with Crippen LogP contribution < -0.4 is 18.9 Å². The minimum Gasteiger partial charge on any atom is -0.497 e. The smallest absolute Gasteiger partial charge is 0.272 e. The molecule has 1 saturated heterocycles. The summed E-state index contributed by atoms with van der Waals surface area (Å²) >= 11 is 0.